The lowest BCUT2D eigenvalue weighted by atomic mass is 10.1. The van der Waals surface area contributed by atoms with E-state index >= 15 is 0 Å². The van der Waals surface area contributed by atoms with Gasteiger partial charge in [-0.05, 0) is 17.7 Å². The SMILES string of the molecule is COc1cc(OC)c(C(=O)OCC(=O)N(C)Cc2ccc(Cl)cc2)cc1OC. The standard InChI is InChI=1S/C20H22ClNO6/c1-22(11-13-5-7-14(21)8-6-13)19(23)12-28-20(24)15-9-17(26-3)18(27-4)10-16(15)25-2/h5-10H,11-12H2,1-4H3. The van der Waals surface area contributed by atoms with E-state index in [1.54, 1.807) is 19.2 Å². The fourth-order valence-corrected chi connectivity index (χ4v) is 2.58. The van der Waals surface area contributed by atoms with Gasteiger partial charge in [-0.1, -0.05) is 23.7 Å². The van der Waals surface area contributed by atoms with E-state index in [0.29, 0.717) is 23.1 Å². The van der Waals surface area contributed by atoms with Gasteiger partial charge in [0.15, 0.2) is 18.1 Å². The third kappa shape index (κ3) is 5.29. The summed E-state index contributed by atoms with van der Waals surface area (Å²) >= 11 is 5.85. The molecule has 0 radical (unpaired) electrons. The molecular formula is C20H22ClNO6. The van der Waals surface area contributed by atoms with Gasteiger partial charge in [0.2, 0.25) is 0 Å². The van der Waals surface area contributed by atoms with Crippen LogP contribution in [0.5, 0.6) is 17.2 Å². The van der Waals surface area contributed by atoms with E-state index in [9.17, 15) is 9.59 Å². The Morgan fingerprint density at radius 2 is 1.50 bits per heavy atom. The highest BCUT2D eigenvalue weighted by Gasteiger charge is 2.20. The van der Waals surface area contributed by atoms with Crippen molar-refractivity contribution in [1.29, 1.82) is 0 Å². The minimum absolute atomic E-state index is 0.133. The molecule has 28 heavy (non-hydrogen) atoms. The van der Waals surface area contributed by atoms with Gasteiger partial charge in [-0.2, -0.15) is 0 Å². The Kier molecular flexibility index (Phi) is 7.52. The van der Waals surface area contributed by atoms with Gasteiger partial charge in [-0.3, -0.25) is 4.79 Å². The molecule has 0 saturated carbocycles. The molecule has 0 aliphatic heterocycles. The second-order valence-electron chi connectivity index (χ2n) is 5.86. The lowest BCUT2D eigenvalue weighted by molar-refractivity contribution is -0.133. The number of amides is 1. The van der Waals surface area contributed by atoms with Gasteiger partial charge in [0.1, 0.15) is 11.3 Å². The summed E-state index contributed by atoms with van der Waals surface area (Å²) in [6.07, 6.45) is 0. The fourth-order valence-electron chi connectivity index (χ4n) is 2.46. The molecule has 0 unspecified atom stereocenters. The third-order valence-electron chi connectivity index (χ3n) is 4.01. The van der Waals surface area contributed by atoms with Crippen LogP contribution in [0.15, 0.2) is 36.4 Å². The average molecular weight is 408 g/mol. The number of carbonyl (C=O) groups is 2. The number of hydrogen-bond donors (Lipinski definition) is 0. The summed E-state index contributed by atoms with van der Waals surface area (Å²) in [7, 11) is 5.98. The van der Waals surface area contributed by atoms with Gasteiger partial charge in [0.05, 0.1) is 21.3 Å². The first-order chi connectivity index (χ1) is 13.4. The maximum atomic E-state index is 12.4. The number of ether oxygens (including phenoxy) is 4. The first kappa shape index (κ1) is 21.4. The monoisotopic (exact) mass is 407 g/mol. The zero-order valence-electron chi connectivity index (χ0n) is 16.2. The minimum atomic E-state index is -0.703. The van der Waals surface area contributed by atoms with Crippen molar-refractivity contribution >= 4 is 23.5 Å². The largest absolute Gasteiger partial charge is 0.496 e. The van der Waals surface area contributed by atoms with Crippen molar-refractivity contribution in [2.45, 2.75) is 6.54 Å². The van der Waals surface area contributed by atoms with E-state index in [2.05, 4.69) is 0 Å². The molecule has 1 amide bonds. The van der Waals surface area contributed by atoms with Crippen molar-refractivity contribution in [2.75, 3.05) is 35.0 Å². The number of halogens is 1. The van der Waals surface area contributed by atoms with Gasteiger partial charge in [0.25, 0.3) is 5.91 Å². The zero-order valence-corrected chi connectivity index (χ0v) is 16.9. The molecule has 0 N–H and O–H groups in total. The number of hydrogen-bond acceptors (Lipinski definition) is 6. The Balaban J connectivity index is 2.02. The topological polar surface area (TPSA) is 74.3 Å². The van der Waals surface area contributed by atoms with Crippen molar-refractivity contribution < 1.29 is 28.5 Å². The summed E-state index contributed by atoms with van der Waals surface area (Å²) in [5, 5.41) is 0.621. The lowest BCUT2D eigenvalue weighted by Crippen LogP contribution is -2.30. The summed E-state index contributed by atoms with van der Waals surface area (Å²) in [5.41, 5.74) is 1.04. The summed E-state index contributed by atoms with van der Waals surface area (Å²) in [5.74, 6) is -0.0329. The second kappa shape index (κ2) is 9.85. The molecule has 0 bridgehead atoms. The predicted octanol–water partition coefficient (Wildman–Crippen LogP) is 3.18. The van der Waals surface area contributed by atoms with Crippen LogP contribution in [-0.4, -0.2) is 51.8 Å². The van der Waals surface area contributed by atoms with Crippen LogP contribution >= 0.6 is 11.6 Å². The number of benzene rings is 2. The maximum absolute atomic E-state index is 12.4. The molecule has 2 aromatic rings. The maximum Gasteiger partial charge on any atom is 0.342 e. The van der Waals surface area contributed by atoms with Crippen LogP contribution < -0.4 is 14.2 Å². The van der Waals surface area contributed by atoms with Gasteiger partial charge in [-0.15, -0.1) is 0 Å². The van der Waals surface area contributed by atoms with Crippen molar-refractivity contribution in [3.8, 4) is 17.2 Å². The van der Waals surface area contributed by atoms with E-state index in [0.717, 1.165) is 5.56 Å². The van der Waals surface area contributed by atoms with E-state index in [4.69, 9.17) is 30.5 Å². The molecule has 2 rings (SSSR count). The van der Waals surface area contributed by atoms with Crippen molar-refractivity contribution in [3.63, 3.8) is 0 Å². The third-order valence-corrected chi connectivity index (χ3v) is 4.26. The number of rotatable bonds is 8. The minimum Gasteiger partial charge on any atom is -0.496 e. The molecule has 0 fully saturated rings. The lowest BCUT2D eigenvalue weighted by Gasteiger charge is -2.18. The molecule has 150 valence electrons. The van der Waals surface area contributed by atoms with E-state index in [1.807, 2.05) is 12.1 Å². The summed E-state index contributed by atoms with van der Waals surface area (Å²) in [4.78, 5) is 26.2. The van der Waals surface area contributed by atoms with E-state index < -0.39 is 12.6 Å². The van der Waals surface area contributed by atoms with Crippen molar-refractivity contribution in [2.24, 2.45) is 0 Å². The van der Waals surface area contributed by atoms with E-state index in [1.165, 1.54) is 38.4 Å². The molecule has 0 aromatic heterocycles. The van der Waals surface area contributed by atoms with Crippen LogP contribution in [-0.2, 0) is 16.1 Å². The zero-order chi connectivity index (χ0) is 20.7. The molecule has 0 saturated heterocycles. The van der Waals surface area contributed by atoms with Crippen LogP contribution in [0.2, 0.25) is 5.02 Å². The fraction of sp³-hybridized carbons (Fsp3) is 0.300. The van der Waals surface area contributed by atoms with Crippen LogP contribution in [0.25, 0.3) is 0 Å². The van der Waals surface area contributed by atoms with Gasteiger partial charge in [0, 0.05) is 30.7 Å². The smallest absolute Gasteiger partial charge is 0.342 e. The van der Waals surface area contributed by atoms with Crippen LogP contribution in [0.1, 0.15) is 15.9 Å². The number of nitrogens with zero attached hydrogens (tertiary/aromatic N) is 1. The highest BCUT2D eigenvalue weighted by atomic mass is 35.5. The number of methoxy groups -OCH3 is 3. The van der Waals surface area contributed by atoms with Gasteiger partial charge < -0.3 is 23.8 Å². The first-order valence-corrected chi connectivity index (χ1v) is 8.73. The Labute approximate surface area is 168 Å². The molecule has 0 spiro atoms. The Hall–Kier alpha value is -2.93. The number of likely N-dealkylation sites (N-methyl/N-ethyl adjacent to an activating group) is 1. The Bertz CT molecular complexity index is 837. The van der Waals surface area contributed by atoms with Crippen LogP contribution in [0.3, 0.4) is 0 Å². The molecular weight excluding hydrogens is 386 g/mol. The number of esters is 1. The quantitative estimate of drug-likeness (QED) is 0.626. The molecule has 0 aliphatic carbocycles. The molecule has 2 aromatic carbocycles. The van der Waals surface area contributed by atoms with Gasteiger partial charge in [-0.25, -0.2) is 4.79 Å². The second-order valence-corrected chi connectivity index (χ2v) is 6.30. The normalized spacial score (nSPS) is 10.2. The van der Waals surface area contributed by atoms with Gasteiger partial charge >= 0.3 is 5.97 Å². The summed E-state index contributed by atoms with van der Waals surface area (Å²) < 4.78 is 20.7. The van der Waals surface area contributed by atoms with E-state index in [-0.39, 0.29) is 17.2 Å². The molecule has 0 atom stereocenters. The Morgan fingerprint density at radius 3 is 2.07 bits per heavy atom. The summed E-state index contributed by atoms with van der Waals surface area (Å²) in [6, 6.07) is 10.1. The number of carbonyl (C=O) groups excluding carboxylic acids is 2. The summed E-state index contributed by atoms with van der Waals surface area (Å²) in [6.45, 7) is -0.0341. The van der Waals surface area contributed by atoms with Crippen LogP contribution in [0, 0.1) is 0 Å². The van der Waals surface area contributed by atoms with Crippen molar-refractivity contribution in [3.05, 3.63) is 52.5 Å². The highest BCUT2D eigenvalue weighted by molar-refractivity contribution is 6.30. The van der Waals surface area contributed by atoms with Crippen molar-refractivity contribution in [1.82, 2.24) is 4.90 Å². The molecule has 0 aliphatic rings. The molecule has 0 heterocycles. The molecule has 7 nitrogen and oxygen atoms in total. The first-order valence-electron chi connectivity index (χ1n) is 8.35. The average Bonchev–Trinajstić information content (AvgIpc) is 2.72. The predicted molar refractivity (Wildman–Crippen MR) is 104 cm³/mol. The Morgan fingerprint density at radius 1 is 0.929 bits per heavy atom. The van der Waals surface area contributed by atoms with Crippen LogP contribution in [0.4, 0.5) is 0 Å². The highest BCUT2D eigenvalue weighted by Crippen LogP contribution is 2.34. The molecule has 8 heteroatoms.